The van der Waals surface area contributed by atoms with Gasteiger partial charge in [-0.2, -0.15) is 5.10 Å². The average Bonchev–Trinajstić information content (AvgIpc) is 3.28. The third-order valence-electron chi connectivity index (χ3n) is 5.54. The number of rotatable bonds is 6. The van der Waals surface area contributed by atoms with E-state index in [4.69, 9.17) is 4.98 Å². The molecule has 0 aliphatic heterocycles. The molecule has 0 saturated carbocycles. The zero-order chi connectivity index (χ0) is 25.1. The third kappa shape index (κ3) is 4.80. The average molecular weight is 481 g/mol. The van der Waals surface area contributed by atoms with E-state index in [1.165, 1.54) is 25.1 Å². The summed E-state index contributed by atoms with van der Waals surface area (Å²) < 4.78 is 16.2. The summed E-state index contributed by atoms with van der Waals surface area (Å²) in [6.07, 6.45) is 4.98. The van der Waals surface area contributed by atoms with Crippen LogP contribution in [-0.2, 0) is 11.3 Å². The summed E-state index contributed by atoms with van der Waals surface area (Å²) in [5.74, 6) is -1.45. The van der Waals surface area contributed by atoms with Gasteiger partial charge in [-0.05, 0) is 42.0 Å². The molecular weight excluding hydrogens is 459 g/mol. The molecule has 5 rings (SSSR count). The number of amides is 2. The molecule has 36 heavy (non-hydrogen) atoms. The lowest BCUT2D eigenvalue weighted by atomic mass is 10.1. The maximum absolute atomic E-state index is 14.5. The first-order valence-corrected chi connectivity index (χ1v) is 11.2. The fourth-order valence-corrected chi connectivity index (χ4v) is 3.86. The summed E-state index contributed by atoms with van der Waals surface area (Å²) >= 11 is 0. The van der Waals surface area contributed by atoms with Gasteiger partial charge in [0.05, 0.1) is 35.1 Å². The second-order valence-electron chi connectivity index (χ2n) is 8.15. The van der Waals surface area contributed by atoms with Gasteiger partial charge in [-0.25, -0.2) is 14.1 Å². The van der Waals surface area contributed by atoms with Gasteiger partial charge in [-0.3, -0.25) is 14.6 Å². The van der Waals surface area contributed by atoms with Crippen molar-refractivity contribution in [1.29, 1.82) is 0 Å². The lowest BCUT2D eigenvalue weighted by Crippen LogP contribution is -2.15. The predicted octanol–water partition coefficient (Wildman–Crippen LogP) is 4.89. The second kappa shape index (κ2) is 9.75. The molecule has 0 atom stereocenters. The quantitative estimate of drug-likeness (QED) is 0.360. The van der Waals surface area contributed by atoms with Crippen molar-refractivity contribution < 1.29 is 14.0 Å². The number of halogens is 1. The monoisotopic (exact) mass is 480 g/mol. The van der Waals surface area contributed by atoms with Crippen LogP contribution in [0.1, 0.15) is 22.8 Å². The molecule has 0 aliphatic carbocycles. The summed E-state index contributed by atoms with van der Waals surface area (Å²) in [5, 5.41) is 10.2. The van der Waals surface area contributed by atoms with Gasteiger partial charge in [0.15, 0.2) is 5.65 Å². The highest BCUT2D eigenvalue weighted by Crippen LogP contribution is 2.27. The Morgan fingerprint density at radius 3 is 2.50 bits per heavy atom. The lowest BCUT2D eigenvalue weighted by Gasteiger charge is -2.12. The molecule has 5 aromatic rings. The Morgan fingerprint density at radius 2 is 1.75 bits per heavy atom. The summed E-state index contributed by atoms with van der Waals surface area (Å²) in [4.78, 5) is 33.7. The van der Waals surface area contributed by atoms with E-state index >= 15 is 0 Å². The largest absolute Gasteiger partial charge is 0.326 e. The van der Waals surface area contributed by atoms with Crippen LogP contribution in [-0.4, -0.2) is 31.6 Å². The van der Waals surface area contributed by atoms with E-state index < -0.39 is 11.7 Å². The van der Waals surface area contributed by atoms with Crippen LogP contribution in [0.2, 0.25) is 0 Å². The van der Waals surface area contributed by atoms with Crippen molar-refractivity contribution in [2.45, 2.75) is 13.5 Å². The molecular formula is C27H21FN6O2. The van der Waals surface area contributed by atoms with E-state index in [1.54, 1.807) is 29.3 Å². The molecule has 0 fully saturated rings. The summed E-state index contributed by atoms with van der Waals surface area (Å²) in [7, 11) is 0. The number of carbonyl (C=O) groups excluding carboxylic acids is 2. The van der Waals surface area contributed by atoms with Gasteiger partial charge in [0.25, 0.3) is 5.91 Å². The highest BCUT2D eigenvalue weighted by molar-refractivity contribution is 6.13. The van der Waals surface area contributed by atoms with Crippen LogP contribution < -0.4 is 10.6 Å². The molecule has 0 spiro atoms. The van der Waals surface area contributed by atoms with Gasteiger partial charge < -0.3 is 10.6 Å². The first-order chi connectivity index (χ1) is 17.5. The van der Waals surface area contributed by atoms with Crippen molar-refractivity contribution in [3.63, 3.8) is 0 Å². The number of nitrogens with zero attached hydrogens (tertiary/aromatic N) is 4. The molecule has 3 aromatic heterocycles. The van der Waals surface area contributed by atoms with Gasteiger partial charge in [-0.15, -0.1) is 0 Å². The number of carbonyl (C=O) groups is 2. The zero-order valence-electron chi connectivity index (χ0n) is 19.3. The Balaban J connectivity index is 1.58. The molecule has 2 aromatic carbocycles. The summed E-state index contributed by atoms with van der Waals surface area (Å²) in [6, 6.07) is 18.9. The highest BCUT2D eigenvalue weighted by Gasteiger charge is 2.19. The minimum atomic E-state index is -0.626. The SMILES string of the molecule is CC(=O)Nc1ccc(F)c(NC(=O)c2cc(-c3ccccc3)nc3c2cnn3Cc2ccncc2)c1. The zero-order valence-corrected chi connectivity index (χ0v) is 19.3. The van der Waals surface area contributed by atoms with E-state index in [0.717, 1.165) is 11.1 Å². The first kappa shape index (κ1) is 22.9. The third-order valence-corrected chi connectivity index (χ3v) is 5.54. The summed E-state index contributed by atoms with van der Waals surface area (Å²) in [5.41, 5.74) is 3.51. The molecule has 0 bridgehead atoms. The normalized spacial score (nSPS) is 10.8. The van der Waals surface area contributed by atoms with Crippen molar-refractivity contribution in [2.75, 3.05) is 10.6 Å². The molecule has 8 nitrogen and oxygen atoms in total. The summed E-state index contributed by atoms with van der Waals surface area (Å²) in [6.45, 7) is 1.79. The number of hydrogen-bond acceptors (Lipinski definition) is 5. The second-order valence-corrected chi connectivity index (χ2v) is 8.15. The van der Waals surface area contributed by atoms with Gasteiger partial charge in [0.2, 0.25) is 5.91 Å². The Labute approximate surface area is 205 Å². The van der Waals surface area contributed by atoms with Gasteiger partial charge in [0, 0.05) is 30.6 Å². The van der Waals surface area contributed by atoms with Crippen LogP contribution in [0.4, 0.5) is 15.8 Å². The maximum atomic E-state index is 14.5. The van der Waals surface area contributed by atoms with Crippen LogP contribution >= 0.6 is 0 Å². The molecule has 2 N–H and O–H groups in total. The fraction of sp³-hybridized carbons (Fsp3) is 0.0741. The number of benzene rings is 2. The Kier molecular flexibility index (Phi) is 6.19. The molecule has 3 heterocycles. The minimum Gasteiger partial charge on any atom is -0.326 e. The molecule has 9 heteroatoms. The molecule has 0 saturated heterocycles. The van der Waals surface area contributed by atoms with Crippen LogP contribution in [0.15, 0.2) is 85.3 Å². The van der Waals surface area contributed by atoms with Crippen molar-refractivity contribution >= 4 is 34.2 Å². The fourth-order valence-electron chi connectivity index (χ4n) is 3.86. The van der Waals surface area contributed by atoms with Crippen molar-refractivity contribution in [3.8, 4) is 11.3 Å². The van der Waals surface area contributed by atoms with Gasteiger partial charge in [-0.1, -0.05) is 30.3 Å². The van der Waals surface area contributed by atoms with Gasteiger partial charge in [0.1, 0.15) is 5.82 Å². The predicted molar refractivity (Wildman–Crippen MR) is 135 cm³/mol. The Morgan fingerprint density at radius 1 is 0.972 bits per heavy atom. The highest BCUT2D eigenvalue weighted by atomic mass is 19.1. The van der Waals surface area contributed by atoms with Crippen LogP contribution in [0.3, 0.4) is 0 Å². The maximum Gasteiger partial charge on any atom is 0.256 e. The van der Waals surface area contributed by atoms with Crippen molar-refractivity contribution in [1.82, 2.24) is 19.7 Å². The van der Waals surface area contributed by atoms with Crippen molar-refractivity contribution in [3.05, 3.63) is 102 Å². The van der Waals surface area contributed by atoms with E-state index in [-0.39, 0.29) is 11.6 Å². The van der Waals surface area contributed by atoms with Crippen LogP contribution in [0, 0.1) is 5.82 Å². The van der Waals surface area contributed by atoms with E-state index in [2.05, 4.69) is 20.7 Å². The number of fused-ring (bicyclic) bond motifs is 1. The standard InChI is InChI=1S/C27H21FN6O2/c1-17(35)31-20-7-8-23(28)25(13-20)33-27(36)21-14-24(19-5-3-2-4-6-19)32-26-22(21)15-30-34(26)16-18-9-11-29-12-10-18/h2-15H,16H2,1H3,(H,31,35)(H,33,36). The number of nitrogens with one attached hydrogen (secondary N) is 2. The number of pyridine rings is 2. The van der Waals surface area contributed by atoms with Gasteiger partial charge >= 0.3 is 0 Å². The van der Waals surface area contributed by atoms with E-state index in [0.29, 0.717) is 34.5 Å². The van der Waals surface area contributed by atoms with Crippen LogP contribution in [0.5, 0.6) is 0 Å². The first-order valence-electron chi connectivity index (χ1n) is 11.2. The van der Waals surface area contributed by atoms with Crippen LogP contribution in [0.25, 0.3) is 22.3 Å². The number of anilines is 2. The molecule has 0 radical (unpaired) electrons. The number of hydrogen-bond donors (Lipinski definition) is 2. The topological polar surface area (TPSA) is 102 Å². The lowest BCUT2D eigenvalue weighted by molar-refractivity contribution is -0.114. The molecule has 2 amide bonds. The smallest absolute Gasteiger partial charge is 0.256 e. The molecule has 0 aliphatic rings. The Hall–Kier alpha value is -4.92. The molecule has 0 unspecified atom stereocenters. The molecule has 178 valence electrons. The van der Waals surface area contributed by atoms with E-state index in [9.17, 15) is 14.0 Å². The van der Waals surface area contributed by atoms with Crippen molar-refractivity contribution in [2.24, 2.45) is 0 Å². The van der Waals surface area contributed by atoms with E-state index in [1.807, 2.05) is 42.5 Å². The minimum absolute atomic E-state index is 0.0540. The number of aromatic nitrogens is 4. The Bertz CT molecular complexity index is 1570.